The molecule has 0 aliphatic rings. The summed E-state index contributed by atoms with van der Waals surface area (Å²) in [5.41, 5.74) is 0.757. The van der Waals surface area contributed by atoms with Gasteiger partial charge in [0.1, 0.15) is 6.10 Å². The highest BCUT2D eigenvalue weighted by Gasteiger charge is 2.28. The summed E-state index contributed by atoms with van der Waals surface area (Å²) in [5.74, 6) is -0.591. The van der Waals surface area contributed by atoms with Gasteiger partial charge in [0.15, 0.2) is 6.10 Å². The number of carbonyl (C=O) groups excluding carboxylic acids is 2. The first-order valence-electron chi connectivity index (χ1n) is 9.81. The summed E-state index contributed by atoms with van der Waals surface area (Å²) in [5, 5.41) is 2.14. The minimum atomic E-state index is -0.797. The van der Waals surface area contributed by atoms with Crippen LogP contribution in [-0.2, 0) is 23.8 Å². The molecular weight excluding hydrogens is 356 g/mol. The maximum atomic E-state index is 12.9. The van der Waals surface area contributed by atoms with Crippen LogP contribution >= 0.6 is 0 Å². The van der Waals surface area contributed by atoms with E-state index in [1.54, 1.807) is 0 Å². The number of fused-ring (bicyclic) bond motifs is 1. The second kappa shape index (κ2) is 10.8. The molecule has 2 aromatic carbocycles. The van der Waals surface area contributed by atoms with Crippen LogP contribution in [0.25, 0.3) is 10.8 Å². The number of esters is 2. The maximum absolute atomic E-state index is 12.9. The highest BCUT2D eigenvalue weighted by molar-refractivity contribution is 5.85. The standard InChI is InChI=1S/C23H30O5/c1-5-8-16(2)21(13-14-27-17(3)24)28-23(25)22(26-4)20-12-11-18-9-6-7-10-19(18)15-20/h6-7,9-12,15-16,21-22H,5,8,13-14H2,1-4H3/t16-,21+,22?/m0/s1. The average molecular weight is 386 g/mol. The number of methoxy groups -OCH3 is 1. The first kappa shape index (κ1) is 21.9. The largest absolute Gasteiger partial charge is 0.466 e. The molecule has 5 nitrogen and oxygen atoms in total. The molecule has 0 aliphatic heterocycles. The predicted octanol–water partition coefficient (Wildman–Crippen LogP) is 4.83. The Balaban J connectivity index is 2.13. The van der Waals surface area contributed by atoms with Gasteiger partial charge in [0, 0.05) is 20.5 Å². The van der Waals surface area contributed by atoms with E-state index in [0.717, 1.165) is 29.2 Å². The molecule has 0 bridgehead atoms. The van der Waals surface area contributed by atoms with Gasteiger partial charge in [-0.25, -0.2) is 4.79 Å². The van der Waals surface area contributed by atoms with Gasteiger partial charge in [0.2, 0.25) is 0 Å². The van der Waals surface area contributed by atoms with Crippen LogP contribution < -0.4 is 0 Å². The molecule has 5 heteroatoms. The van der Waals surface area contributed by atoms with Crippen LogP contribution in [0.3, 0.4) is 0 Å². The molecule has 0 heterocycles. The van der Waals surface area contributed by atoms with Gasteiger partial charge in [-0.3, -0.25) is 4.79 Å². The van der Waals surface area contributed by atoms with Crippen molar-refractivity contribution >= 4 is 22.7 Å². The smallest absolute Gasteiger partial charge is 0.340 e. The molecule has 0 N–H and O–H groups in total. The number of hydrogen-bond acceptors (Lipinski definition) is 5. The van der Waals surface area contributed by atoms with E-state index in [2.05, 4.69) is 6.92 Å². The van der Waals surface area contributed by atoms with E-state index in [0.29, 0.717) is 6.42 Å². The Morgan fingerprint density at radius 1 is 1.04 bits per heavy atom. The Morgan fingerprint density at radius 2 is 1.75 bits per heavy atom. The zero-order valence-electron chi connectivity index (χ0n) is 17.1. The number of carbonyl (C=O) groups is 2. The first-order chi connectivity index (χ1) is 13.5. The molecule has 0 saturated carbocycles. The fourth-order valence-corrected chi connectivity index (χ4v) is 3.37. The molecule has 28 heavy (non-hydrogen) atoms. The van der Waals surface area contributed by atoms with Crippen molar-refractivity contribution in [2.24, 2.45) is 5.92 Å². The molecule has 0 saturated heterocycles. The summed E-state index contributed by atoms with van der Waals surface area (Å²) in [7, 11) is 1.50. The molecule has 0 aromatic heterocycles. The van der Waals surface area contributed by atoms with Gasteiger partial charge in [0.05, 0.1) is 6.61 Å². The minimum absolute atomic E-state index is 0.165. The van der Waals surface area contributed by atoms with Crippen molar-refractivity contribution in [3.63, 3.8) is 0 Å². The topological polar surface area (TPSA) is 61.8 Å². The van der Waals surface area contributed by atoms with Crippen molar-refractivity contribution in [3.8, 4) is 0 Å². The third-order valence-electron chi connectivity index (χ3n) is 4.88. The number of ether oxygens (including phenoxy) is 3. The van der Waals surface area contributed by atoms with Gasteiger partial charge in [-0.15, -0.1) is 0 Å². The second-order valence-corrected chi connectivity index (χ2v) is 7.09. The normalized spacial score (nSPS) is 14.3. The van der Waals surface area contributed by atoms with Crippen molar-refractivity contribution in [2.45, 2.75) is 52.2 Å². The van der Waals surface area contributed by atoms with E-state index in [1.165, 1.54) is 14.0 Å². The van der Waals surface area contributed by atoms with Gasteiger partial charge >= 0.3 is 11.9 Å². The van der Waals surface area contributed by atoms with Crippen molar-refractivity contribution in [1.29, 1.82) is 0 Å². The van der Waals surface area contributed by atoms with Crippen LogP contribution in [0.4, 0.5) is 0 Å². The maximum Gasteiger partial charge on any atom is 0.340 e. The molecule has 0 spiro atoms. The number of benzene rings is 2. The lowest BCUT2D eigenvalue weighted by atomic mass is 9.97. The Kier molecular flexibility index (Phi) is 8.45. The molecule has 0 amide bonds. The third kappa shape index (κ3) is 6.06. The molecule has 152 valence electrons. The average Bonchev–Trinajstić information content (AvgIpc) is 2.67. The van der Waals surface area contributed by atoms with Gasteiger partial charge in [-0.1, -0.05) is 56.7 Å². The molecule has 3 atom stereocenters. The van der Waals surface area contributed by atoms with Crippen molar-refractivity contribution in [2.75, 3.05) is 13.7 Å². The summed E-state index contributed by atoms with van der Waals surface area (Å²) >= 11 is 0. The molecule has 1 unspecified atom stereocenters. The molecule has 2 rings (SSSR count). The number of hydrogen-bond donors (Lipinski definition) is 0. The molecule has 0 aliphatic carbocycles. The predicted molar refractivity (Wildman–Crippen MR) is 109 cm³/mol. The Bertz CT molecular complexity index is 785. The van der Waals surface area contributed by atoms with Crippen LogP contribution in [-0.4, -0.2) is 31.8 Å². The van der Waals surface area contributed by atoms with Gasteiger partial charge in [-0.2, -0.15) is 0 Å². The van der Waals surface area contributed by atoms with E-state index in [-0.39, 0.29) is 24.6 Å². The number of rotatable bonds is 10. The van der Waals surface area contributed by atoms with Crippen LogP contribution in [0.15, 0.2) is 42.5 Å². The molecular formula is C23H30O5. The first-order valence-corrected chi connectivity index (χ1v) is 9.81. The van der Waals surface area contributed by atoms with Crippen LogP contribution in [0, 0.1) is 5.92 Å². The Labute approximate surface area is 167 Å². The monoisotopic (exact) mass is 386 g/mol. The highest BCUT2D eigenvalue weighted by Crippen LogP contribution is 2.26. The third-order valence-corrected chi connectivity index (χ3v) is 4.88. The molecule has 2 aromatic rings. The summed E-state index contributed by atoms with van der Waals surface area (Å²) in [6, 6.07) is 13.8. The van der Waals surface area contributed by atoms with E-state index in [4.69, 9.17) is 14.2 Å². The zero-order chi connectivity index (χ0) is 20.5. The Hall–Kier alpha value is -2.40. The zero-order valence-corrected chi connectivity index (χ0v) is 17.1. The lowest BCUT2D eigenvalue weighted by Crippen LogP contribution is -2.30. The summed E-state index contributed by atoms with van der Waals surface area (Å²) in [6.45, 7) is 5.74. The van der Waals surface area contributed by atoms with Crippen molar-refractivity contribution in [1.82, 2.24) is 0 Å². The van der Waals surface area contributed by atoms with E-state index in [1.807, 2.05) is 49.4 Å². The Morgan fingerprint density at radius 3 is 2.39 bits per heavy atom. The van der Waals surface area contributed by atoms with E-state index < -0.39 is 12.1 Å². The lowest BCUT2D eigenvalue weighted by Gasteiger charge is -2.26. The van der Waals surface area contributed by atoms with Crippen LogP contribution in [0.2, 0.25) is 0 Å². The molecule has 0 fully saturated rings. The van der Waals surface area contributed by atoms with Crippen molar-refractivity contribution < 1.29 is 23.8 Å². The minimum Gasteiger partial charge on any atom is -0.466 e. The lowest BCUT2D eigenvalue weighted by molar-refractivity contribution is -0.165. The van der Waals surface area contributed by atoms with Gasteiger partial charge in [-0.05, 0) is 34.7 Å². The fourth-order valence-electron chi connectivity index (χ4n) is 3.37. The SMILES string of the molecule is CCC[C@H](C)[C@@H](CCOC(C)=O)OC(=O)C(OC)c1ccc2ccccc2c1. The van der Waals surface area contributed by atoms with E-state index >= 15 is 0 Å². The fraction of sp³-hybridized carbons (Fsp3) is 0.478. The van der Waals surface area contributed by atoms with Crippen LogP contribution in [0.5, 0.6) is 0 Å². The van der Waals surface area contributed by atoms with E-state index in [9.17, 15) is 9.59 Å². The van der Waals surface area contributed by atoms with Crippen molar-refractivity contribution in [3.05, 3.63) is 48.0 Å². The summed E-state index contributed by atoms with van der Waals surface area (Å²) < 4.78 is 16.3. The van der Waals surface area contributed by atoms with Crippen LogP contribution in [0.1, 0.15) is 51.7 Å². The second-order valence-electron chi connectivity index (χ2n) is 7.09. The highest BCUT2D eigenvalue weighted by atomic mass is 16.6. The van der Waals surface area contributed by atoms with Gasteiger partial charge in [0.25, 0.3) is 0 Å². The molecule has 0 radical (unpaired) electrons. The summed E-state index contributed by atoms with van der Waals surface area (Å²) in [6.07, 6.45) is 1.26. The summed E-state index contributed by atoms with van der Waals surface area (Å²) in [4.78, 5) is 23.9. The van der Waals surface area contributed by atoms with Gasteiger partial charge < -0.3 is 14.2 Å². The quantitative estimate of drug-likeness (QED) is 0.547.